The van der Waals surface area contributed by atoms with Crippen molar-refractivity contribution in [2.24, 2.45) is 0 Å². The molecular formula is C9H13N3O. The van der Waals surface area contributed by atoms with Crippen LogP contribution in [0.5, 0.6) is 0 Å². The number of methoxy groups -OCH3 is 1. The molecule has 0 N–H and O–H groups in total. The van der Waals surface area contributed by atoms with Crippen molar-refractivity contribution in [2.75, 3.05) is 13.7 Å². The molecule has 0 spiro atoms. The van der Waals surface area contributed by atoms with Crippen molar-refractivity contribution in [3.63, 3.8) is 0 Å². The average molecular weight is 179 g/mol. The van der Waals surface area contributed by atoms with Crippen molar-refractivity contribution in [1.82, 2.24) is 9.78 Å². The van der Waals surface area contributed by atoms with E-state index in [1.807, 2.05) is 13.8 Å². The van der Waals surface area contributed by atoms with Crippen LogP contribution >= 0.6 is 0 Å². The number of hydrogen-bond donors (Lipinski definition) is 0. The van der Waals surface area contributed by atoms with E-state index in [0.29, 0.717) is 18.7 Å². The Labute approximate surface area is 77.7 Å². The van der Waals surface area contributed by atoms with Crippen LogP contribution in [0.2, 0.25) is 0 Å². The highest BCUT2D eigenvalue weighted by Crippen LogP contribution is 2.10. The molecule has 0 atom stereocenters. The Kier molecular flexibility index (Phi) is 3.04. The Morgan fingerprint density at radius 1 is 1.54 bits per heavy atom. The first-order chi connectivity index (χ1) is 6.20. The molecule has 0 saturated heterocycles. The Morgan fingerprint density at radius 3 is 2.69 bits per heavy atom. The van der Waals surface area contributed by atoms with Gasteiger partial charge >= 0.3 is 0 Å². The number of rotatable bonds is 3. The van der Waals surface area contributed by atoms with Gasteiger partial charge in [0.1, 0.15) is 6.07 Å². The lowest BCUT2D eigenvalue weighted by Crippen LogP contribution is -2.07. The predicted molar refractivity (Wildman–Crippen MR) is 48.3 cm³/mol. The largest absolute Gasteiger partial charge is 0.383 e. The molecule has 0 amide bonds. The van der Waals surface area contributed by atoms with E-state index in [-0.39, 0.29) is 0 Å². The third kappa shape index (κ3) is 1.87. The first kappa shape index (κ1) is 9.75. The highest BCUT2D eigenvalue weighted by Gasteiger charge is 2.09. The molecule has 0 aliphatic carbocycles. The molecule has 0 aromatic carbocycles. The van der Waals surface area contributed by atoms with E-state index in [1.165, 1.54) is 0 Å². The standard InChI is InChI=1S/C9H13N3O/c1-7-9(6-10)8(2)12(11-7)4-5-13-3/h4-5H2,1-3H3. The van der Waals surface area contributed by atoms with Crippen molar-refractivity contribution in [3.05, 3.63) is 17.0 Å². The minimum Gasteiger partial charge on any atom is -0.383 e. The van der Waals surface area contributed by atoms with Gasteiger partial charge in [-0.2, -0.15) is 10.4 Å². The summed E-state index contributed by atoms with van der Waals surface area (Å²) >= 11 is 0. The number of hydrogen-bond acceptors (Lipinski definition) is 3. The molecule has 4 heteroatoms. The van der Waals surface area contributed by atoms with E-state index in [4.69, 9.17) is 10.00 Å². The lowest BCUT2D eigenvalue weighted by atomic mass is 10.2. The van der Waals surface area contributed by atoms with Crippen LogP contribution in [0.1, 0.15) is 17.0 Å². The molecule has 1 heterocycles. The molecule has 0 unspecified atom stereocenters. The summed E-state index contributed by atoms with van der Waals surface area (Å²) in [5.41, 5.74) is 2.38. The molecule has 70 valence electrons. The number of ether oxygens (including phenoxy) is 1. The van der Waals surface area contributed by atoms with E-state index >= 15 is 0 Å². The third-order valence-corrected chi connectivity index (χ3v) is 2.00. The van der Waals surface area contributed by atoms with Crippen LogP contribution in [0.4, 0.5) is 0 Å². The predicted octanol–water partition coefficient (Wildman–Crippen LogP) is 1.02. The molecule has 13 heavy (non-hydrogen) atoms. The normalized spacial score (nSPS) is 10.0. The number of aryl methyl sites for hydroxylation is 1. The minimum absolute atomic E-state index is 0.618. The van der Waals surface area contributed by atoms with Crippen molar-refractivity contribution in [1.29, 1.82) is 5.26 Å². The van der Waals surface area contributed by atoms with Gasteiger partial charge in [0, 0.05) is 7.11 Å². The van der Waals surface area contributed by atoms with Crippen LogP contribution in [-0.4, -0.2) is 23.5 Å². The molecule has 0 bridgehead atoms. The zero-order chi connectivity index (χ0) is 9.84. The van der Waals surface area contributed by atoms with E-state index in [1.54, 1.807) is 11.8 Å². The van der Waals surface area contributed by atoms with Gasteiger partial charge in [-0.25, -0.2) is 0 Å². The summed E-state index contributed by atoms with van der Waals surface area (Å²) in [5, 5.41) is 13.0. The van der Waals surface area contributed by atoms with Crippen LogP contribution in [0.3, 0.4) is 0 Å². The van der Waals surface area contributed by atoms with Gasteiger partial charge in [-0.05, 0) is 13.8 Å². The van der Waals surface area contributed by atoms with E-state index in [2.05, 4.69) is 11.2 Å². The van der Waals surface area contributed by atoms with Crippen LogP contribution in [0.15, 0.2) is 0 Å². The minimum atomic E-state index is 0.618. The van der Waals surface area contributed by atoms with E-state index in [0.717, 1.165) is 11.4 Å². The maximum Gasteiger partial charge on any atom is 0.103 e. The fourth-order valence-corrected chi connectivity index (χ4v) is 1.25. The Bertz CT molecular complexity index is 335. The maximum atomic E-state index is 8.80. The topological polar surface area (TPSA) is 50.8 Å². The van der Waals surface area contributed by atoms with Gasteiger partial charge in [0.25, 0.3) is 0 Å². The maximum absolute atomic E-state index is 8.80. The summed E-state index contributed by atoms with van der Waals surface area (Å²) in [5.74, 6) is 0. The van der Waals surface area contributed by atoms with Gasteiger partial charge in [-0.1, -0.05) is 0 Å². The Morgan fingerprint density at radius 2 is 2.23 bits per heavy atom. The summed E-state index contributed by atoms with van der Waals surface area (Å²) in [4.78, 5) is 0. The van der Waals surface area contributed by atoms with Gasteiger partial charge in [-0.15, -0.1) is 0 Å². The number of aromatic nitrogens is 2. The zero-order valence-corrected chi connectivity index (χ0v) is 8.16. The van der Waals surface area contributed by atoms with Crippen molar-refractivity contribution >= 4 is 0 Å². The summed E-state index contributed by atoms with van der Waals surface area (Å²) in [6, 6.07) is 2.14. The molecule has 1 aromatic heterocycles. The highest BCUT2D eigenvalue weighted by atomic mass is 16.5. The first-order valence-electron chi connectivity index (χ1n) is 4.13. The molecule has 0 radical (unpaired) electrons. The van der Waals surface area contributed by atoms with E-state index < -0.39 is 0 Å². The quantitative estimate of drug-likeness (QED) is 0.696. The average Bonchev–Trinajstić information content (AvgIpc) is 2.38. The molecule has 0 saturated carbocycles. The second-order valence-corrected chi connectivity index (χ2v) is 2.87. The van der Waals surface area contributed by atoms with Crippen molar-refractivity contribution in [2.45, 2.75) is 20.4 Å². The third-order valence-electron chi connectivity index (χ3n) is 2.00. The second kappa shape index (κ2) is 4.06. The van der Waals surface area contributed by atoms with E-state index in [9.17, 15) is 0 Å². The smallest absolute Gasteiger partial charge is 0.103 e. The fraction of sp³-hybridized carbons (Fsp3) is 0.556. The number of nitriles is 1. The molecular weight excluding hydrogens is 166 g/mol. The van der Waals surface area contributed by atoms with Crippen LogP contribution in [0.25, 0.3) is 0 Å². The van der Waals surface area contributed by atoms with Crippen molar-refractivity contribution in [3.8, 4) is 6.07 Å². The highest BCUT2D eigenvalue weighted by molar-refractivity contribution is 5.36. The SMILES string of the molecule is COCCn1nc(C)c(C#N)c1C. The number of nitrogens with zero attached hydrogens (tertiary/aromatic N) is 3. The zero-order valence-electron chi connectivity index (χ0n) is 8.16. The van der Waals surface area contributed by atoms with Crippen molar-refractivity contribution < 1.29 is 4.74 Å². The molecule has 4 nitrogen and oxygen atoms in total. The van der Waals surface area contributed by atoms with Gasteiger partial charge < -0.3 is 4.74 Å². The summed E-state index contributed by atoms with van der Waals surface area (Å²) in [6.07, 6.45) is 0. The van der Waals surface area contributed by atoms with Crippen LogP contribution < -0.4 is 0 Å². The summed E-state index contributed by atoms with van der Waals surface area (Å²) < 4.78 is 6.74. The van der Waals surface area contributed by atoms with Crippen LogP contribution in [-0.2, 0) is 11.3 Å². The summed E-state index contributed by atoms with van der Waals surface area (Å²) in [6.45, 7) is 5.06. The first-order valence-corrected chi connectivity index (χ1v) is 4.13. The fourth-order valence-electron chi connectivity index (χ4n) is 1.25. The lowest BCUT2D eigenvalue weighted by molar-refractivity contribution is 0.182. The Balaban J connectivity index is 2.92. The van der Waals surface area contributed by atoms with Gasteiger partial charge in [0.05, 0.1) is 30.1 Å². The monoisotopic (exact) mass is 179 g/mol. The van der Waals surface area contributed by atoms with Gasteiger partial charge in [0.15, 0.2) is 0 Å². The lowest BCUT2D eigenvalue weighted by Gasteiger charge is -2.01. The van der Waals surface area contributed by atoms with Crippen LogP contribution in [0, 0.1) is 25.2 Å². The Hall–Kier alpha value is -1.34. The molecule has 1 aromatic rings. The molecule has 0 aliphatic heterocycles. The molecule has 1 rings (SSSR count). The summed E-state index contributed by atoms with van der Waals surface area (Å²) in [7, 11) is 1.65. The van der Waals surface area contributed by atoms with Gasteiger partial charge in [0.2, 0.25) is 0 Å². The molecule has 0 fully saturated rings. The second-order valence-electron chi connectivity index (χ2n) is 2.87. The molecule has 0 aliphatic rings. The van der Waals surface area contributed by atoms with Gasteiger partial charge in [-0.3, -0.25) is 4.68 Å².